The lowest BCUT2D eigenvalue weighted by atomic mass is 10.1. The first kappa shape index (κ1) is 25.3. The molecule has 2 rings (SSSR count). The fourth-order valence-corrected chi connectivity index (χ4v) is 3.85. The highest BCUT2D eigenvalue weighted by Crippen LogP contribution is 2.31. The summed E-state index contributed by atoms with van der Waals surface area (Å²) in [5.41, 5.74) is 0.274. The molecule has 0 spiro atoms. The van der Waals surface area contributed by atoms with Crippen LogP contribution < -0.4 is 9.47 Å². The molecule has 0 saturated carbocycles. The summed E-state index contributed by atoms with van der Waals surface area (Å²) in [6.07, 6.45) is -3.59. The van der Waals surface area contributed by atoms with Crippen molar-refractivity contribution in [3.05, 3.63) is 53.6 Å². The van der Waals surface area contributed by atoms with E-state index in [2.05, 4.69) is 4.89 Å². The highest BCUT2D eigenvalue weighted by molar-refractivity contribution is 7.99. The van der Waals surface area contributed by atoms with Crippen molar-refractivity contribution < 1.29 is 37.5 Å². The summed E-state index contributed by atoms with van der Waals surface area (Å²) in [6, 6.07) is 10.6. The van der Waals surface area contributed by atoms with Crippen molar-refractivity contribution in [2.45, 2.75) is 24.4 Å². The average molecular weight is 461 g/mol. The van der Waals surface area contributed by atoms with Crippen molar-refractivity contribution in [1.29, 1.82) is 0 Å². The molecule has 2 aromatic carbocycles. The topological polar surface area (TPSA) is 57.2 Å². The molecule has 1 atom stereocenters. The van der Waals surface area contributed by atoms with Gasteiger partial charge in [0.1, 0.15) is 24.7 Å². The van der Waals surface area contributed by atoms with Gasteiger partial charge in [0.2, 0.25) is 0 Å². The average Bonchev–Trinajstić information content (AvgIpc) is 2.74. The van der Waals surface area contributed by atoms with E-state index in [1.807, 2.05) is 25.1 Å². The van der Waals surface area contributed by atoms with Crippen molar-refractivity contribution in [2.24, 2.45) is 5.92 Å². The van der Waals surface area contributed by atoms with Crippen LogP contribution >= 0.6 is 11.8 Å². The molecule has 0 fully saturated rings. The molecular formula is C22H27F3O5S. The third-order valence-electron chi connectivity index (χ3n) is 4.46. The maximum atomic E-state index is 12.7. The van der Waals surface area contributed by atoms with Gasteiger partial charge in [0, 0.05) is 30.3 Å². The molecular weight excluding hydrogens is 433 g/mol. The van der Waals surface area contributed by atoms with Crippen molar-refractivity contribution in [2.75, 3.05) is 39.3 Å². The van der Waals surface area contributed by atoms with E-state index < -0.39 is 11.7 Å². The van der Waals surface area contributed by atoms with E-state index in [1.54, 1.807) is 18.9 Å². The van der Waals surface area contributed by atoms with Crippen LogP contribution in [0.5, 0.6) is 11.5 Å². The molecule has 0 heterocycles. The minimum atomic E-state index is -4.36. The molecule has 0 aliphatic rings. The maximum Gasteiger partial charge on any atom is 0.416 e. The molecule has 0 radical (unpaired) electrons. The molecule has 0 bridgehead atoms. The van der Waals surface area contributed by atoms with Crippen LogP contribution in [0.3, 0.4) is 0 Å². The molecule has 9 heteroatoms. The van der Waals surface area contributed by atoms with E-state index in [-0.39, 0.29) is 19.1 Å². The molecule has 0 aromatic heterocycles. The van der Waals surface area contributed by atoms with E-state index in [4.69, 9.17) is 19.5 Å². The van der Waals surface area contributed by atoms with E-state index >= 15 is 0 Å². The van der Waals surface area contributed by atoms with Gasteiger partial charge in [0.25, 0.3) is 0 Å². The minimum absolute atomic E-state index is 0.0933. The SMILES string of the molecule is COCCC(COc1ccc(C(F)(F)F)cc1)CSc1ccc(OCCOO)c(C)c1. The quantitative estimate of drug-likeness (QED) is 0.179. The number of benzene rings is 2. The Bertz CT molecular complexity index is 784. The second kappa shape index (κ2) is 12.8. The summed E-state index contributed by atoms with van der Waals surface area (Å²) < 4.78 is 54.5. The number of hydrogen-bond acceptors (Lipinski definition) is 6. The molecule has 31 heavy (non-hydrogen) atoms. The molecule has 0 aliphatic heterocycles. The smallest absolute Gasteiger partial charge is 0.416 e. The Balaban J connectivity index is 1.90. The van der Waals surface area contributed by atoms with Crippen LogP contribution in [0.1, 0.15) is 17.5 Å². The summed E-state index contributed by atoms with van der Waals surface area (Å²) in [7, 11) is 1.63. The Kier molecular flexibility index (Phi) is 10.5. The lowest BCUT2D eigenvalue weighted by molar-refractivity contribution is -0.245. The highest BCUT2D eigenvalue weighted by atomic mass is 32.2. The lowest BCUT2D eigenvalue weighted by Crippen LogP contribution is -2.17. The summed E-state index contributed by atoms with van der Waals surface area (Å²) in [5.74, 6) is 2.06. The van der Waals surface area contributed by atoms with Crippen molar-refractivity contribution in [3.63, 3.8) is 0 Å². The summed E-state index contributed by atoms with van der Waals surface area (Å²) >= 11 is 1.67. The van der Waals surface area contributed by atoms with Crippen molar-refractivity contribution >= 4 is 11.8 Å². The first-order chi connectivity index (χ1) is 14.8. The Morgan fingerprint density at radius 3 is 2.35 bits per heavy atom. The molecule has 0 aliphatic carbocycles. The summed E-state index contributed by atoms with van der Waals surface area (Å²) in [5, 5.41) is 8.35. The monoisotopic (exact) mass is 460 g/mol. The number of halogens is 3. The number of alkyl halides is 3. The van der Waals surface area contributed by atoms with Gasteiger partial charge in [-0.2, -0.15) is 13.2 Å². The Morgan fingerprint density at radius 1 is 1.00 bits per heavy atom. The second-order valence-electron chi connectivity index (χ2n) is 6.90. The van der Waals surface area contributed by atoms with E-state index in [0.29, 0.717) is 19.0 Å². The van der Waals surface area contributed by atoms with Gasteiger partial charge >= 0.3 is 6.18 Å². The number of rotatable bonds is 13. The summed E-state index contributed by atoms with van der Waals surface area (Å²) in [6.45, 7) is 3.24. The fraction of sp³-hybridized carbons (Fsp3) is 0.455. The molecule has 1 unspecified atom stereocenters. The third-order valence-corrected chi connectivity index (χ3v) is 5.69. The van der Waals surface area contributed by atoms with E-state index in [0.717, 1.165) is 40.5 Å². The van der Waals surface area contributed by atoms with Gasteiger partial charge < -0.3 is 14.2 Å². The van der Waals surface area contributed by atoms with Gasteiger partial charge in [-0.05, 0) is 61.4 Å². The fourth-order valence-electron chi connectivity index (χ4n) is 2.73. The largest absolute Gasteiger partial charge is 0.493 e. The number of ether oxygens (including phenoxy) is 3. The van der Waals surface area contributed by atoms with Crippen LogP contribution in [-0.4, -0.2) is 44.5 Å². The van der Waals surface area contributed by atoms with Crippen LogP contribution in [0.25, 0.3) is 0 Å². The predicted molar refractivity (Wildman–Crippen MR) is 113 cm³/mol. The third kappa shape index (κ3) is 8.98. The van der Waals surface area contributed by atoms with Gasteiger partial charge in [0.05, 0.1) is 12.2 Å². The Morgan fingerprint density at radius 2 is 1.74 bits per heavy atom. The number of methoxy groups -OCH3 is 1. The van der Waals surface area contributed by atoms with Gasteiger partial charge in [-0.3, -0.25) is 5.26 Å². The molecule has 5 nitrogen and oxygen atoms in total. The van der Waals surface area contributed by atoms with E-state index in [1.165, 1.54) is 12.1 Å². The summed E-state index contributed by atoms with van der Waals surface area (Å²) in [4.78, 5) is 5.07. The minimum Gasteiger partial charge on any atom is -0.493 e. The predicted octanol–water partition coefficient (Wildman–Crippen LogP) is 5.71. The zero-order valence-electron chi connectivity index (χ0n) is 17.5. The first-order valence-electron chi connectivity index (χ1n) is 9.75. The number of hydrogen-bond donors (Lipinski definition) is 1. The van der Waals surface area contributed by atoms with Crippen LogP contribution in [0.2, 0.25) is 0 Å². The second-order valence-corrected chi connectivity index (χ2v) is 7.99. The Hall–Kier alpha value is -1.94. The van der Waals surface area contributed by atoms with Gasteiger partial charge in [-0.15, -0.1) is 11.8 Å². The van der Waals surface area contributed by atoms with Gasteiger partial charge in [0.15, 0.2) is 0 Å². The van der Waals surface area contributed by atoms with Gasteiger partial charge in [-0.25, -0.2) is 4.89 Å². The molecule has 172 valence electrons. The molecule has 2 aromatic rings. The number of aryl methyl sites for hydroxylation is 1. The van der Waals surface area contributed by atoms with Crippen molar-refractivity contribution in [1.82, 2.24) is 0 Å². The number of thioether (sulfide) groups is 1. The zero-order valence-corrected chi connectivity index (χ0v) is 18.3. The molecule has 1 N–H and O–H groups in total. The van der Waals surface area contributed by atoms with E-state index in [9.17, 15) is 13.2 Å². The maximum absolute atomic E-state index is 12.7. The standard InChI is InChI=1S/C22H27F3O5S/c1-16-13-20(7-8-21(16)28-11-12-30-26)31-15-17(9-10-27-2)14-29-19-5-3-18(4-6-19)22(23,24)25/h3-8,13,17,26H,9-12,14-15H2,1-2H3. The lowest BCUT2D eigenvalue weighted by Gasteiger charge is -2.18. The van der Waals surface area contributed by atoms with Crippen molar-refractivity contribution in [3.8, 4) is 11.5 Å². The van der Waals surface area contributed by atoms with Crippen LogP contribution in [-0.2, 0) is 15.8 Å². The zero-order chi connectivity index (χ0) is 22.7. The van der Waals surface area contributed by atoms with Gasteiger partial charge in [-0.1, -0.05) is 0 Å². The molecule has 0 saturated heterocycles. The van der Waals surface area contributed by atoms with Crippen LogP contribution in [0.4, 0.5) is 13.2 Å². The highest BCUT2D eigenvalue weighted by Gasteiger charge is 2.30. The van der Waals surface area contributed by atoms with Crippen LogP contribution in [0, 0.1) is 12.8 Å². The Labute approximate surface area is 184 Å². The first-order valence-corrected chi connectivity index (χ1v) is 10.7. The van der Waals surface area contributed by atoms with Crippen LogP contribution in [0.15, 0.2) is 47.4 Å². The molecule has 0 amide bonds. The normalized spacial score (nSPS) is 12.6.